The maximum Gasteiger partial charge on any atom is 0.503 e. The van der Waals surface area contributed by atoms with E-state index in [0.717, 1.165) is 0 Å². The fraction of sp³-hybridized carbons (Fsp3) is 0.0556. The molecule has 0 fully saturated rings. The van der Waals surface area contributed by atoms with E-state index in [-0.39, 0.29) is 0 Å². The van der Waals surface area contributed by atoms with Crippen molar-refractivity contribution in [1.29, 1.82) is 0 Å². The van der Waals surface area contributed by atoms with Crippen LogP contribution in [0.2, 0.25) is 0 Å². The van der Waals surface area contributed by atoms with Crippen LogP contribution in [-0.4, -0.2) is 26.6 Å². The summed E-state index contributed by atoms with van der Waals surface area (Å²) in [4.78, 5) is 8.56. The number of phenols is 2. The topological polar surface area (TPSA) is 98.0 Å². The summed E-state index contributed by atoms with van der Waals surface area (Å²) in [6.07, 6.45) is -0.0833. The highest BCUT2D eigenvalue weighted by Crippen LogP contribution is 2.03. The highest BCUT2D eigenvalue weighted by Gasteiger charge is 1.75. The molecule has 5 heteroatoms. The summed E-state index contributed by atoms with van der Waals surface area (Å²) in [5, 5.41) is 31.2. The molecule has 0 saturated heterocycles. The highest BCUT2D eigenvalue weighted by atomic mass is 16.6. The lowest BCUT2D eigenvalue weighted by Crippen LogP contribution is -1.81. The average molecular weight is 320 g/mol. The zero-order valence-electron chi connectivity index (χ0n) is 13.2. The Bertz CT molecular complexity index is 442. The third-order valence-electron chi connectivity index (χ3n) is 1.51. The first-order valence-corrected chi connectivity index (χ1v) is 6.41. The monoisotopic (exact) mass is 320 g/mol. The molecule has 0 atom stereocenters. The number of rotatable bonds is 0. The van der Waals surface area contributed by atoms with Crippen LogP contribution >= 0.6 is 0 Å². The van der Waals surface area contributed by atoms with Crippen LogP contribution < -0.4 is 0 Å². The maximum absolute atomic E-state index is 8.63. The molecule has 2 rings (SSSR count). The van der Waals surface area contributed by atoms with Crippen molar-refractivity contribution in [2.45, 2.75) is 6.92 Å². The van der Waals surface area contributed by atoms with Gasteiger partial charge in [-0.05, 0) is 31.2 Å². The third-order valence-corrected chi connectivity index (χ3v) is 1.51. The predicted molar refractivity (Wildman–Crippen MR) is 94.0 cm³/mol. The van der Waals surface area contributed by atoms with Gasteiger partial charge in [-0.25, -0.2) is 4.79 Å². The Morgan fingerprint density at radius 3 is 1.09 bits per heavy atom. The average Bonchev–Trinajstić information content (AvgIpc) is 2.52. The second-order valence-corrected chi connectivity index (χ2v) is 3.36. The molecule has 2 aromatic rings. The number of carboxylic acid groups (broad SMARTS) is 2. The van der Waals surface area contributed by atoms with Crippen LogP contribution in [0.5, 0.6) is 11.5 Å². The number of para-hydroxylation sites is 2. The van der Waals surface area contributed by atoms with Crippen LogP contribution in [0, 0.1) is 0 Å². The van der Waals surface area contributed by atoms with Crippen LogP contribution in [0.3, 0.4) is 0 Å². The molecule has 0 radical (unpaired) electrons. The Hall–Kier alpha value is -3.21. The first-order valence-electron chi connectivity index (χ1n) is 6.41. The summed E-state index contributed by atoms with van der Waals surface area (Å²) in [7, 11) is 0. The molecule has 0 aromatic heterocycles. The van der Waals surface area contributed by atoms with Gasteiger partial charge in [-0.15, -0.1) is 19.7 Å². The van der Waals surface area contributed by atoms with Crippen molar-refractivity contribution in [1.82, 2.24) is 0 Å². The van der Waals surface area contributed by atoms with Gasteiger partial charge in [-0.1, -0.05) is 42.5 Å². The van der Waals surface area contributed by atoms with Gasteiger partial charge in [0, 0.05) is 0 Å². The number of benzene rings is 2. The Labute approximate surface area is 137 Å². The van der Waals surface area contributed by atoms with E-state index >= 15 is 0 Å². The van der Waals surface area contributed by atoms with Crippen LogP contribution in [-0.2, 0) is 0 Å². The van der Waals surface area contributed by atoms with Crippen molar-refractivity contribution in [3.8, 4) is 11.5 Å². The van der Waals surface area contributed by atoms with Crippen molar-refractivity contribution in [2.75, 3.05) is 0 Å². The molecule has 4 N–H and O–H groups in total. The molecule has 23 heavy (non-hydrogen) atoms. The lowest BCUT2D eigenvalue weighted by molar-refractivity contribution is 0.137. The van der Waals surface area contributed by atoms with Gasteiger partial charge in [0.15, 0.2) is 0 Å². The summed E-state index contributed by atoms with van der Waals surface area (Å²) in [6.45, 7) is 11.2. The van der Waals surface area contributed by atoms with Crippen LogP contribution in [0.4, 0.5) is 4.79 Å². The molecule has 0 aliphatic carbocycles. The Morgan fingerprint density at radius 2 is 1.00 bits per heavy atom. The Balaban J connectivity index is -0.000000236. The first kappa shape index (κ1) is 24.8. The van der Waals surface area contributed by atoms with Crippen molar-refractivity contribution >= 4 is 6.16 Å². The normalized spacial score (nSPS) is 7.00. The predicted octanol–water partition coefficient (Wildman–Crippen LogP) is 5.00. The number of carbonyl (C=O) groups is 1. The number of hydrogen-bond donors (Lipinski definition) is 4. The molecule has 0 aliphatic rings. The van der Waals surface area contributed by atoms with Gasteiger partial charge in [0.05, 0.1) is 0 Å². The van der Waals surface area contributed by atoms with E-state index in [1.165, 1.54) is 0 Å². The Morgan fingerprint density at radius 1 is 0.826 bits per heavy atom. The maximum atomic E-state index is 8.63. The molecule has 126 valence electrons. The summed E-state index contributed by atoms with van der Waals surface area (Å²) >= 11 is 0. The molecule has 0 bridgehead atoms. The van der Waals surface area contributed by atoms with E-state index < -0.39 is 6.16 Å². The van der Waals surface area contributed by atoms with Gasteiger partial charge in [0.1, 0.15) is 11.5 Å². The number of phenolic OH excluding ortho intramolecular Hbond substituents is 2. The van der Waals surface area contributed by atoms with E-state index in [1.54, 1.807) is 54.6 Å². The zero-order chi connectivity index (χ0) is 18.5. The smallest absolute Gasteiger partial charge is 0.503 e. The van der Waals surface area contributed by atoms with Crippen molar-refractivity contribution < 1.29 is 25.2 Å². The van der Waals surface area contributed by atoms with E-state index in [9.17, 15) is 0 Å². The lowest BCUT2D eigenvalue weighted by Gasteiger charge is -1.82. The molecule has 0 saturated carbocycles. The molecule has 5 nitrogen and oxygen atoms in total. The van der Waals surface area contributed by atoms with Gasteiger partial charge in [-0.2, -0.15) is 0 Å². The molecule has 0 heterocycles. The molecule has 0 aliphatic heterocycles. The third kappa shape index (κ3) is 32.4. The second kappa shape index (κ2) is 21.1. The van der Waals surface area contributed by atoms with E-state index in [1.807, 2.05) is 19.1 Å². The molecule has 0 amide bonds. The largest absolute Gasteiger partial charge is 0.508 e. The van der Waals surface area contributed by atoms with Crippen molar-refractivity contribution in [3.63, 3.8) is 0 Å². The van der Waals surface area contributed by atoms with E-state index in [4.69, 9.17) is 25.2 Å². The lowest BCUT2D eigenvalue weighted by atomic mass is 10.3. The van der Waals surface area contributed by atoms with Gasteiger partial charge < -0.3 is 20.4 Å². The van der Waals surface area contributed by atoms with Crippen molar-refractivity contribution in [3.05, 3.63) is 86.5 Å². The summed E-state index contributed by atoms with van der Waals surface area (Å²) in [5.74, 6) is 0.644. The minimum absolute atomic E-state index is 0.322. The molecule has 0 spiro atoms. The number of allylic oxidation sites excluding steroid dienone is 1. The van der Waals surface area contributed by atoms with Gasteiger partial charge in [0.25, 0.3) is 0 Å². The van der Waals surface area contributed by atoms with Gasteiger partial charge >= 0.3 is 6.16 Å². The standard InChI is InChI=1S/2C6H6O.C3H6.C2H4.CH2O3/c2*7-6-4-2-1-3-5-6;1-3-2;1-2;2-1(3)4/h2*1-5,7H;3H,1H2,2H3;1-2H2;(H2,2,3,4). The zero-order valence-corrected chi connectivity index (χ0v) is 13.2. The molecular formula is C18H24O5. The van der Waals surface area contributed by atoms with E-state index in [0.29, 0.717) is 11.5 Å². The molecule has 0 unspecified atom stereocenters. The number of hydrogen-bond acceptors (Lipinski definition) is 3. The minimum Gasteiger partial charge on any atom is -0.508 e. The quantitative estimate of drug-likeness (QED) is 0.512. The number of aromatic hydroxyl groups is 2. The fourth-order valence-corrected chi connectivity index (χ4v) is 0.856. The summed E-state index contributed by atoms with van der Waals surface area (Å²) in [5.41, 5.74) is 0. The van der Waals surface area contributed by atoms with Crippen LogP contribution in [0.15, 0.2) is 86.5 Å². The van der Waals surface area contributed by atoms with Crippen LogP contribution in [0.1, 0.15) is 6.92 Å². The van der Waals surface area contributed by atoms with Gasteiger partial charge in [0.2, 0.25) is 0 Å². The second-order valence-electron chi connectivity index (χ2n) is 3.36. The molecule has 2 aromatic carbocycles. The van der Waals surface area contributed by atoms with Gasteiger partial charge in [-0.3, -0.25) is 0 Å². The van der Waals surface area contributed by atoms with Crippen LogP contribution in [0.25, 0.3) is 0 Å². The molecular weight excluding hydrogens is 296 g/mol. The summed E-state index contributed by atoms with van der Waals surface area (Å²) < 4.78 is 0. The minimum atomic E-state index is -1.83. The highest BCUT2D eigenvalue weighted by molar-refractivity contribution is 5.53. The first-order chi connectivity index (χ1) is 10.9. The van der Waals surface area contributed by atoms with E-state index in [2.05, 4.69) is 19.7 Å². The summed E-state index contributed by atoms with van der Waals surface area (Å²) in [6, 6.07) is 17.4. The SMILES string of the molecule is C=C.C=CC.O=C(O)O.Oc1ccccc1.Oc1ccccc1. The Kier molecular flexibility index (Phi) is 22.7. The fourth-order valence-electron chi connectivity index (χ4n) is 0.856. The van der Waals surface area contributed by atoms with Crippen molar-refractivity contribution in [2.24, 2.45) is 0 Å².